The van der Waals surface area contributed by atoms with E-state index in [0.29, 0.717) is 36.0 Å². The van der Waals surface area contributed by atoms with Gasteiger partial charge in [-0.1, -0.05) is 27.7 Å². The second kappa shape index (κ2) is 8.16. The summed E-state index contributed by atoms with van der Waals surface area (Å²) in [6.07, 6.45) is 5.31. The molecule has 2 saturated heterocycles. The Bertz CT molecular complexity index is 422. The van der Waals surface area contributed by atoms with Crippen LogP contribution < -0.4 is 0 Å². The van der Waals surface area contributed by atoms with E-state index in [1.165, 1.54) is 12.8 Å². The Hall–Kier alpha value is -1.06. The third-order valence-electron chi connectivity index (χ3n) is 5.86. The van der Waals surface area contributed by atoms with Gasteiger partial charge >= 0.3 is 0 Å². The average molecular weight is 322 g/mol. The fourth-order valence-electron chi connectivity index (χ4n) is 4.28. The van der Waals surface area contributed by atoms with Gasteiger partial charge in [0.05, 0.1) is 0 Å². The lowest BCUT2D eigenvalue weighted by Gasteiger charge is -2.42. The van der Waals surface area contributed by atoms with Crippen molar-refractivity contribution in [3.05, 3.63) is 0 Å². The first-order chi connectivity index (χ1) is 10.9. The third kappa shape index (κ3) is 4.48. The summed E-state index contributed by atoms with van der Waals surface area (Å²) in [7, 11) is 0. The van der Waals surface area contributed by atoms with Gasteiger partial charge < -0.3 is 9.80 Å². The first-order valence-electron chi connectivity index (χ1n) is 9.50. The van der Waals surface area contributed by atoms with Crippen molar-refractivity contribution in [2.24, 2.45) is 23.7 Å². The topological polar surface area (TPSA) is 40.6 Å². The number of rotatable bonds is 4. The Morgan fingerprint density at radius 3 is 2.00 bits per heavy atom. The molecule has 3 unspecified atom stereocenters. The molecule has 2 aliphatic rings. The van der Waals surface area contributed by atoms with Gasteiger partial charge in [-0.15, -0.1) is 0 Å². The van der Waals surface area contributed by atoms with Crippen LogP contribution in [0.5, 0.6) is 0 Å². The molecule has 3 atom stereocenters. The molecule has 0 bridgehead atoms. The second-order valence-electron chi connectivity index (χ2n) is 7.80. The lowest BCUT2D eigenvalue weighted by molar-refractivity contribution is -0.137. The van der Waals surface area contributed by atoms with Crippen molar-refractivity contribution in [2.45, 2.75) is 59.8 Å². The summed E-state index contributed by atoms with van der Waals surface area (Å²) >= 11 is 0. The second-order valence-corrected chi connectivity index (χ2v) is 7.80. The number of likely N-dealkylation sites (tertiary alicyclic amines) is 2. The maximum absolute atomic E-state index is 12.3. The van der Waals surface area contributed by atoms with E-state index in [2.05, 4.69) is 16.7 Å². The van der Waals surface area contributed by atoms with E-state index in [0.717, 1.165) is 39.0 Å². The standard InChI is InChI=1S/C19H34N2O2/c1-5-18(22)20-10-6-8-16(12-20)15(4)17-9-7-11-21(13-17)19(23)14(2)3/h14-17H,5-13H2,1-4H3. The van der Waals surface area contributed by atoms with E-state index in [9.17, 15) is 9.59 Å². The number of carbonyl (C=O) groups is 2. The van der Waals surface area contributed by atoms with E-state index in [4.69, 9.17) is 0 Å². The number of piperidine rings is 2. The highest BCUT2D eigenvalue weighted by atomic mass is 16.2. The van der Waals surface area contributed by atoms with Gasteiger partial charge in [-0.2, -0.15) is 0 Å². The van der Waals surface area contributed by atoms with Crippen molar-refractivity contribution in [3.8, 4) is 0 Å². The molecule has 4 nitrogen and oxygen atoms in total. The Kier molecular flexibility index (Phi) is 6.49. The zero-order valence-electron chi connectivity index (χ0n) is 15.4. The van der Waals surface area contributed by atoms with E-state index in [-0.39, 0.29) is 5.92 Å². The van der Waals surface area contributed by atoms with Gasteiger partial charge in [0.1, 0.15) is 0 Å². The fraction of sp³-hybridized carbons (Fsp3) is 0.895. The van der Waals surface area contributed by atoms with Crippen LogP contribution in [0.2, 0.25) is 0 Å². The predicted octanol–water partition coefficient (Wildman–Crippen LogP) is 3.17. The van der Waals surface area contributed by atoms with E-state index in [1.54, 1.807) is 0 Å². The first-order valence-corrected chi connectivity index (χ1v) is 9.50. The van der Waals surface area contributed by atoms with Crippen LogP contribution in [0.25, 0.3) is 0 Å². The zero-order valence-corrected chi connectivity index (χ0v) is 15.4. The molecule has 2 fully saturated rings. The molecule has 0 saturated carbocycles. The van der Waals surface area contributed by atoms with Crippen molar-refractivity contribution in [1.82, 2.24) is 9.80 Å². The third-order valence-corrected chi connectivity index (χ3v) is 5.86. The summed E-state index contributed by atoms with van der Waals surface area (Å²) in [6.45, 7) is 12.0. The number of hydrogen-bond donors (Lipinski definition) is 0. The molecule has 0 radical (unpaired) electrons. The number of amides is 2. The van der Waals surface area contributed by atoms with Crippen molar-refractivity contribution in [2.75, 3.05) is 26.2 Å². The molecular weight excluding hydrogens is 288 g/mol. The molecule has 4 heteroatoms. The summed E-state index contributed by atoms with van der Waals surface area (Å²) in [5.41, 5.74) is 0. The molecule has 132 valence electrons. The molecular formula is C19H34N2O2. The highest BCUT2D eigenvalue weighted by Crippen LogP contribution is 2.34. The van der Waals surface area contributed by atoms with Gasteiger partial charge in [0.25, 0.3) is 0 Å². The van der Waals surface area contributed by atoms with Gasteiger partial charge in [-0.25, -0.2) is 0 Å². The number of carbonyl (C=O) groups excluding carboxylic acids is 2. The SMILES string of the molecule is CCC(=O)N1CCCC(C(C)C2CCCN(C(=O)C(C)C)C2)C1. The molecule has 0 N–H and O–H groups in total. The lowest BCUT2D eigenvalue weighted by Crippen LogP contribution is -2.47. The van der Waals surface area contributed by atoms with Crippen LogP contribution in [0.4, 0.5) is 0 Å². The largest absolute Gasteiger partial charge is 0.342 e. The minimum absolute atomic E-state index is 0.0939. The molecule has 2 aliphatic heterocycles. The van der Waals surface area contributed by atoms with Crippen LogP contribution in [-0.2, 0) is 9.59 Å². The number of hydrogen-bond acceptors (Lipinski definition) is 2. The lowest BCUT2D eigenvalue weighted by atomic mass is 9.75. The Labute approximate surface area is 141 Å². The summed E-state index contributed by atoms with van der Waals surface area (Å²) in [4.78, 5) is 28.4. The van der Waals surface area contributed by atoms with Crippen LogP contribution in [0.1, 0.15) is 59.8 Å². The minimum Gasteiger partial charge on any atom is -0.342 e. The monoisotopic (exact) mass is 322 g/mol. The van der Waals surface area contributed by atoms with Crippen molar-refractivity contribution in [3.63, 3.8) is 0 Å². The minimum atomic E-state index is 0.0939. The molecule has 2 heterocycles. The van der Waals surface area contributed by atoms with E-state index in [1.807, 2.05) is 20.8 Å². The zero-order chi connectivity index (χ0) is 17.0. The molecule has 0 aromatic rings. The van der Waals surface area contributed by atoms with Crippen LogP contribution in [0, 0.1) is 23.7 Å². The normalized spacial score (nSPS) is 27.2. The van der Waals surface area contributed by atoms with Crippen molar-refractivity contribution in [1.29, 1.82) is 0 Å². The highest BCUT2D eigenvalue weighted by Gasteiger charge is 2.34. The van der Waals surface area contributed by atoms with Crippen LogP contribution in [0.3, 0.4) is 0 Å². The molecule has 0 spiro atoms. The molecule has 23 heavy (non-hydrogen) atoms. The van der Waals surface area contributed by atoms with E-state index < -0.39 is 0 Å². The summed E-state index contributed by atoms with van der Waals surface area (Å²) in [5, 5.41) is 0. The van der Waals surface area contributed by atoms with Crippen molar-refractivity contribution >= 4 is 11.8 Å². The predicted molar refractivity (Wildman–Crippen MR) is 92.9 cm³/mol. The average Bonchev–Trinajstić information content (AvgIpc) is 2.59. The Morgan fingerprint density at radius 2 is 1.48 bits per heavy atom. The maximum atomic E-state index is 12.3. The fourth-order valence-corrected chi connectivity index (χ4v) is 4.28. The highest BCUT2D eigenvalue weighted by molar-refractivity contribution is 5.78. The number of nitrogens with zero attached hydrogens (tertiary/aromatic N) is 2. The summed E-state index contributed by atoms with van der Waals surface area (Å²) < 4.78 is 0. The van der Waals surface area contributed by atoms with Crippen molar-refractivity contribution < 1.29 is 9.59 Å². The summed E-state index contributed by atoms with van der Waals surface area (Å²) in [6, 6.07) is 0. The van der Waals surface area contributed by atoms with Crippen LogP contribution in [-0.4, -0.2) is 47.8 Å². The molecule has 2 rings (SSSR count). The van der Waals surface area contributed by atoms with Crippen LogP contribution in [0.15, 0.2) is 0 Å². The smallest absolute Gasteiger partial charge is 0.225 e. The van der Waals surface area contributed by atoms with Gasteiger partial charge in [-0.3, -0.25) is 9.59 Å². The van der Waals surface area contributed by atoms with Crippen LogP contribution >= 0.6 is 0 Å². The van der Waals surface area contributed by atoms with E-state index >= 15 is 0 Å². The van der Waals surface area contributed by atoms with Gasteiger partial charge in [0, 0.05) is 38.5 Å². The Balaban J connectivity index is 1.95. The Morgan fingerprint density at radius 1 is 0.957 bits per heavy atom. The molecule has 0 aromatic heterocycles. The molecule has 0 aliphatic carbocycles. The summed E-state index contributed by atoms with van der Waals surface area (Å²) in [5.74, 6) is 2.46. The maximum Gasteiger partial charge on any atom is 0.225 e. The van der Waals surface area contributed by atoms with Gasteiger partial charge in [0.2, 0.25) is 11.8 Å². The molecule has 2 amide bonds. The quantitative estimate of drug-likeness (QED) is 0.797. The van der Waals surface area contributed by atoms with Gasteiger partial charge in [-0.05, 0) is 43.4 Å². The molecule has 0 aromatic carbocycles. The van der Waals surface area contributed by atoms with Gasteiger partial charge in [0.15, 0.2) is 0 Å². The first kappa shape index (κ1) is 18.3.